The Morgan fingerprint density at radius 1 is 1.18 bits per heavy atom. The molecule has 0 radical (unpaired) electrons. The first-order chi connectivity index (χ1) is 17.8. The molecule has 1 aromatic carbocycles. The van der Waals surface area contributed by atoms with Gasteiger partial charge in [-0.25, -0.2) is 26.9 Å². The molecule has 0 N–H and O–H groups in total. The number of halogens is 5. The summed E-state index contributed by atoms with van der Waals surface area (Å²) in [4.78, 5) is 16.5. The Kier molecular flexibility index (Phi) is 7.32. The molecule has 0 bridgehead atoms. The second-order valence-electron chi connectivity index (χ2n) is 9.00. The number of carbonyl (C=O) groups excluding carboxylic acids is 1. The molecule has 1 saturated heterocycles. The maximum atomic E-state index is 14.5. The van der Waals surface area contributed by atoms with Crippen LogP contribution in [-0.4, -0.2) is 58.6 Å². The summed E-state index contributed by atoms with van der Waals surface area (Å²) in [7, 11) is -2.98. The highest BCUT2D eigenvalue weighted by atomic mass is 32.2. The van der Waals surface area contributed by atoms with E-state index in [9.17, 15) is 35.2 Å². The number of pyridine rings is 1. The number of hydrogen-bond acceptors (Lipinski definition) is 6. The number of methoxy groups -OCH3 is 1. The van der Waals surface area contributed by atoms with E-state index in [2.05, 4.69) is 10.1 Å². The van der Waals surface area contributed by atoms with Crippen molar-refractivity contribution >= 4 is 15.8 Å². The Hall–Kier alpha value is -3.39. The van der Waals surface area contributed by atoms with Crippen LogP contribution in [0.25, 0.3) is 5.69 Å². The Bertz CT molecular complexity index is 1430. The molecular weight excluding hydrogens is 535 g/mol. The number of aryl methyl sites for hydroxylation is 1. The van der Waals surface area contributed by atoms with Crippen LogP contribution in [0.2, 0.25) is 0 Å². The van der Waals surface area contributed by atoms with Gasteiger partial charge < -0.3 is 4.74 Å². The summed E-state index contributed by atoms with van der Waals surface area (Å²) >= 11 is 0. The second kappa shape index (κ2) is 10.1. The zero-order valence-electron chi connectivity index (χ0n) is 20.2. The Morgan fingerprint density at radius 2 is 1.87 bits per heavy atom. The number of carbonyl (C=O) groups is 1. The third-order valence-corrected chi connectivity index (χ3v) is 8.40. The molecule has 1 aliphatic heterocycles. The number of sulfonamides is 1. The molecule has 204 valence electrons. The number of aromatic nitrogens is 3. The van der Waals surface area contributed by atoms with E-state index < -0.39 is 51.7 Å². The van der Waals surface area contributed by atoms with Gasteiger partial charge in [0.1, 0.15) is 17.7 Å². The van der Waals surface area contributed by atoms with Crippen molar-refractivity contribution in [1.82, 2.24) is 19.1 Å². The molecule has 0 amide bonds. The van der Waals surface area contributed by atoms with Gasteiger partial charge in [0, 0.05) is 31.1 Å². The van der Waals surface area contributed by atoms with Crippen molar-refractivity contribution in [3.05, 3.63) is 65.9 Å². The fourth-order valence-electron chi connectivity index (χ4n) is 4.41. The van der Waals surface area contributed by atoms with Crippen molar-refractivity contribution in [2.45, 2.75) is 49.0 Å². The molecule has 2 atom stereocenters. The number of ether oxygens (including phenoxy) is 1. The van der Waals surface area contributed by atoms with E-state index in [-0.39, 0.29) is 35.7 Å². The van der Waals surface area contributed by atoms with Gasteiger partial charge in [-0.2, -0.15) is 17.5 Å². The van der Waals surface area contributed by atoms with E-state index in [1.807, 2.05) is 0 Å². The number of nitrogens with zero attached hydrogens (tertiary/aromatic N) is 4. The zero-order chi connectivity index (χ0) is 27.9. The van der Waals surface area contributed by atoms with Crippen LogP contribution >= 0.6 is 0 Å². The molecule has 4 rings (SSSR count). The van der Waals surface area contributed by atoms with Crippen LogP contribution in [0, 0.1) is 5.82 Å². The molecule has 14 heteroatoms. The minimum atomic E-state index is -4.60. The molecule has 0 aliphatic carbocycles. The number of benzene rings is 1. The van der Waals surface area contributed by atoms with Gasteiger partial charge >= 0.3 is 6.18 Å². The number of rotatable bonds is 8. The lowest BCUT2D eigenvalue weighted by Crippen LogP contribution is -2.50. The zero-order valence-corrected chi connectivity index (χ0v) is 21.1. The molecule has 2 aromatic heterocycles. The molecular formula is C24H23F5N4O4S. The molecule has 3 heterocycles. The quantitative estimate of drug-likeness (QED) is 0.386. The highest BCUT2D eigenvalue weighted by molar-refractivity contribution is 7.89. The van der Waals surface area contributed by atoms with Crippen LogP contribution in [-0.2, 0) is 27.4 Å². The van der Waals surface area contributed by atoms with Gasteiger partial charge in [-0.05, 0) is 49.7 Å². The van der Waals surface area contributed by atoms with E-state index >= 15 is 0 Å². The van der Waals surface area contributed by atoms with Gasteiger partial charge in [0.25, 0.3) is 0 Å². The third-order valence-electron chi connectivity index (χ3n) is 6.40. The normalized spacial score (nSPS) is 20.6. The first kappa shape index (κ1) is 27.6. The van der Waals surface area contributed by atoms with Crippen molar-refractivity contribution in [2.24, 2.45) is 0 Å². The number of hydrogen-bond donors (Lipinski definition) is 0. The first-order valence-electron chi connectivity index (χ1n) is 11.4. The monoisotopic (exact) mass is 558 g/mol. The highest BCUT2D eigenvalue weighted by Crippen LogP contribution is 2.38. The first-order valence-corrected chi connectivity index (χ1v) is 12.8. The van der Waals surface area contributed by atoms with Gasteiger partial charge in [0.15, 0.2) is 5.78 Å². The smallest absolute Gasteiger partial charge is 0.433 e. The largest absolute Gasteiger partial charge is 0.480 e. The molecule has 38 heavy (non-hydrogen) atoms. The molecule has 8 nitrogen and oxygen atoms in total. The van der Waals surface area contributed by atoms with E-state index in [0.29, 0.717) is 5.56 Å². The van der Waals surface area contributed by atoms with Crippen LogP contribution in [0.15, 0.2) is 53.7 Å². The summed E-state index contributed by atoms with van der Waals surface area (Å²) < 4.78 is 99.9. The summed E-state index contributed by atoms with van der Waals surface area (Å²) in [6.07, 6.45) is -4.25. The number of Topliss-reactive ketones (excluding diaryl/α,β-unsaturated/α-hetero) is 1. The van der Waals surface area contributed by atoms with E-state index in [0.717, 1.165) is 40.8 Å². The summed E-state index contributed by atoms with van der Waals surface area (Å²) in [5.41, 5.74) is -2.12. The molecule has 3 aromatic rings. The van der Waals surface area contributed by atoms with Crippen molar-refractivity contribution in [2.75, 3.05) is 13.7 Å². The Balaban J connectivity index is 1.54. The van der Waals surface area contributed by atoms with Crippen LogP contribution in [0.1, 0.15) is 31.0 Å². The standard InChI is InChI=1S/C24H23F5N4O4S/c1-23(11-17(26)14-33(23)38(35,36)19-7-4-16(25)5-8-19)21(34)10-3-15-13-32(31-22(15)37-2)18-6-9-20(30-12-18)24(27,28)29/h4-9,12-13,17H,3,10-11,14H2,1-2H3/t17-,23+/m1/s1. The van der Waals surface area contributed by atoms with Gasteiger partial charge in [-0.3, -0.25) is 4.79 Å². The third kappa shape index (κ3) is 5.27. The molecule has 1 fully saturated rings. The summed E-state index contributed by atoms with van der Waals surface area (Å²) in [6.45, 7) is 0.828. The lowest BCUT2D eigenvalue weighted by Gasteiger charge is -2.32. The summed E-state index contributed by atoms with van der Waals surface area (Å²) in [6, 6.07) is 6.01. The van der Waals surface area contributed by atoms with Crippen molar-refractivity contribution in [3.8, 4) is 11.6 Å². The van der Waals surface area contributed by atoms with Crippen LogP contribution in [0.3, 0.4) is 0 Å². The van der Waals surface area contributed by atoms with Crippen molar-refractivity contribution in [3.63, 3.8) is 0 Å². The second-order valence-corrected chi connectivity index (χ2v) is 10.9. The van der Waals surface area contributed by atoms with Crippen LogP contribution < -0.4 is 4.74 Å². The number of ketones is 1. The summed E-state index contributed by atoms with van der Waals surface area (Å²) in [5, 5.41) is 4.16. The molecule has 0 saturated carbocycles. The van der Waals surface area contributed by atoms with Gasteiger partial charge in [0.05, 0.1) is 29.4 Å². The topological polar surface area (TPSA) is 94.4 Å². The predicted molar refractivity (Wildman–Crippen MR) is 124 cm³/mol. The average molecular weight is 559 g/mol. The maximum absolute atomic E-state index is 14.5. The lowest BCUT2D eigenvalue weighted by molar-refractivity contribution is -0.141. The average Bonchev–Trinajstić information content (AvgIpc) is 3.43. The van der Waals surface area contributed by atoms with Crippen molar-refractivity contribution in [1.29, 1.82) is 0 Å². The molecule has 0 spiro atoms. The highest BCUT2D eigenvalue weighted by Gasteiger charge is 2.52. The number of alkyl halides is 4. The summed E-state index contributed by atoms with van der Waals surface area (Å²) in [5.74, 6) is -1.09. The van der Waals surface area contributed by atoms with Crippen molar-refractivity contribution < 1.29 is 39.9 Å². The Morgan fingerprint density at radius 3 is 2.45 bits per heavy atom. The lowest BCUT2D eigenvalue weighted by atomic mass is 9.90. The SMILES string of the molecule is COc1nn(-c2ccc(C(F)(F)F)nc2)cc1CCC(=O)[C@]1(C)C[C@@H](F)CN1S(=O)(=O)c1ccc(F)cc1. The Labute approximate surface area is 215 Å². The van der Waals surface area contributed by atoms with E-state index in [1.165, 1.54) is 31.0 Å². The van der Waals surface area contributed by atoms with Gasteiger partial charge in [0.2, 0.25) is 15.9 Å². The fourth-order valence-corrected chi connectivity index (χ4v) is 6.20. The molecule has 1 aliphatic rings. The van der Waals surface area contributed by atoms with Crippen LogP contribution in [0.4, 0.5) is 22.0 Å². The fraction of sp³-hybridized carbons (Fsp3) is 0.375. The molecule has 0 unspecified atom stereocenters. The van der Waals surface area contributed by atoms with E-state index in [1.54, 1.807) is 0 Å². The predicted octanol–water partition coefficient (Wildman–Crippen LogP) is 4.13. The van der Waals surface area contributed by atoms with E-state index in [4.69, 9.17) is 4.74 Å². The maximum Gasteiger partial charge on any atom is 0.433 e. The van der Waals surface area contributed by atoms with Gasteiger partial charge in [-0.15, -0.1) is 5.10 Å². The minimum Gasteiger partial charge on any atom is -0.480 e. The minimum absolute atomic E-state index is 0.0348. The van der Waals surface area contributed by atoms with Gasteiger partial charge in [-0.1, -0.05) is 0 Å². The van der Waals surface area contributed by atoms with Crippen LogP contribution in [0.5, 0.6) is 5.88 Å².